The van der Waals surface area contributed by atoms with E-state index in [1.54, 1.807) is 23.1 Å². The van der Waals surface area contributed by atoms with Gasteiger partial charge in [-0.1, -0.05) is 36.4 Å². The summed E-state index contributed by atoms with van der Waals surface area (Å²) in [6.07, 6.45) is 6.93. The number of rotatable bonds is 6. The Bertz CT molecular complexity index is 2220. The molecule has 294 valence electrons. The predicted molar refractivity (Wildman–Crippen MR) is 217 cm³/mol. The Labute approximate surface area is 333 Å². The summed E-state index contributed by atoms with van der Waals surface area (Å²) < 4.78 is 15.2. The number of carbonyl (C=O) groups is 3. The molecule has 57 heavy (non-hydrogen) atoms. The minimum Gasteiger partial charge on any atom is -0.508 e. The lowest BCUT2D eigenvalue weighted by molar-refractivity contribution is -0.136. The van der Waals surface area contributed by atoms with Crippen molar-refractivity contribution in [1.82, 2.24) is 15.1 Å². The number of hydrogen-bond acceptors (Lipinski definition) is 7. The third kappa shape index (κ3) is 6.55. The molecule has 0 bridgehead atoms. The van der Waals surface area contributed by atoms with Gasteiger partial charge in [-0.3, -0.25) is 24.6 Å². The number of halogens is 1. The quantitative estimate of drug-likeness (QED) is 0.210. The van der Waals surface area contributed by atoms with Crippen LogP contribution in [0.2, 0.25) is 0 Å². The highest BCUT2D eigenvalue weighted by Gasteiger charge is 2.47. The zero-order chi connectivity index (χ0) is 38.8. The maximum Gasteiger partial charge on any atom is 0.255 e. The van der Waals surface area contributed by atoms with Crippen molar-refractivity contribution in [1.29, 1.82) is 0 Å². The van der Waals surface area contributed by atoms with Gasteiger partial charge in [-0.05, 0) is 133 Å². The van der Waals surface area contributed by atoms with E-state index in [1.807, 2.05) is 30.3 Å². The number of piperidine rings is 3. The minimum absolute atomic E-state index is 0.0228. The van der Waals surface area contributed by atoms with Gasteiger partial charge in [0.25, 0.3) is 5.91 Å². The van der Waals surface area contributed by atoms with Gasteiger partial charge < -0.3 is 19.8 Å². The Balaban J connectivity index is 0.733. The van der Waals surface area contributed by atoms with Gasteiger partial charge in [-0.15, -0.1) is 0 Å². The second-order valence-electron chi connectivity index (χ2n) is 17.5. The summed E-state index contributed by atoms with van der Waals surface area (Å²) in [6, 6.07) is 28.0. The average Bonchev–Trinajstić information content (AvgIpc) is 3.54. The third-order valence-corrected chi connectivity index (χ3v) is 14.3. The second kappa shape index (κ2) is 14.3. The Kier molecular flexibility index (Phi) is 9.07. The Hall–Kier alpha value is -5.22. The summed E-state index contributed by atoms with van der Waals surface area (Å²) in [4.78, 5) is 46.6. The number of amides is 3. The molecule has 6 aliphatic rings. The van der Waals surface area contributed by atoms with E-state index in [0.29, 0.717) is 30.0 Å². The Morgan fingerprint density at radius 1 is 0.719 bits per heavy atom. The molecule has 3 atom stereocenters. The van der Waals surface area contributed by atoms with E-state index in [0.717, 1.165) is 74.2 Å². The van der Waals surface area contributed by atoms with Crippen molar-refractivity contribution in [2.45, 2.75) is 81.8 Å². The SMILES string of the molecule is O=C1CCC(N2Cc3cc(N4CCC(N5CC6(CCN(c7ccc([C@@H]8c9ccc(O)cc9CC[C@@H]8c8ccccc8F)cc7)CC6)C5)CC4)ccc3C2=O)C(=O)N1. The molecule has 0 radical (unpaired) electrons. The van der Waals surface area contributed by atoms with E-state index in [2.05, 4.69) is 56.4 Å². The Morgan fingerprint density at radius 3 is 2.21 bits per heavy atom. The molecule has 5 heterocycles. The van der Waals surface area contributed by atoms with Crippen molar-refractivity contribution in [2.75, 3.05) is 49.1 Å². The van der Waals surface area contributed by atoms with Crippen LogP contribution in [0.4, 0.5) is 15.8 Å². The van der Waals surface area contributed by atoms with Crippen LogP contribution in [-0.2, 0) is 22.6 Å². The maximum absolute atomic E-state index is 15.2. The summed E-state index contributed by atoms with van der Waals surface area (Å²) in [7, 11) is 0. The van der Waals surface area contributed by atoms with E-state index in [1.165, 1.54) is 42.7 Å². The summed E-state index contributed by atoms with van der Waals surface area (Å²) in [5.41, 5.74) is 8.70. The zero-order valence-electron chi connectivity index (χ0n) is 32.3. The fourth-order valence-corrected chi connectivity index (χ4v) is 11.1. The molecule has 1 spiro atoms. The molecule has 5 aliphatic heterocycles. The van der Waals surface area contributed by atoms with Crippen molar-refractivity contribution in [3.63, 3.8) is 0 Å². The minimum atomic E-state index is -0.591. The fraction of sp³-hybridized carbons (Fsp3) is 0.426. The van der Waals surface area contributed by atoms with E-state index < -0.39 is 6.04 Å². The second-order valence-corrected chi connectivity index (χ2v) is 17.5. The van der Waals surface area contributed by atoms with Gasteiger partial charge in [0.1, 0.15) is 17.6 Å². The predicted octanol–water partition coefficient (Wildman–Crippen LogP) is 6.73. The normalized spacial score (nSPS) is 25.0. The number of phenolic OH excluding ortho intramolecular Hbond substituents is 1. The largest absolute Gasteiger partial charge is 0.508 e. The molecule has 1 unspecified atom stereocenters. The summed E-state index contributed by atoms with van der Waals surface area (Å²) >= 11 is 0. The highest BCUT2D eigenvalue weighted by atomic mass is 19.1. The highest BCUT2D eigenvalue weighted by Crippen LogP contribution is 2.48. The van der Waals surface area contributed by atoms with Crippen LogP contribution in [0.25, 0.3) is 0 Å². The van der Waals surface area contributed by atoms with Gasteiger partial charge >= 0.3 is 0 Å². The number of imide groups is 1. The lowest BCUT2D eigenvalue weighted by Crippen LogP contribution is -2.64. The van der Waals surface area contributed by atoms with E-state index in [-0.39, 0.29) is 47.5 Å². The molecule has 4 aromatic rings. The molecule has 10 rings (SSSR count). The van der Waals surface area contributed by atoms with Crippen molar-refractivity contribution in [3.8, 4) is 5.75 Å². The first kappa shape index (κ1) is 36.1. The van der Waals surface area contributed by atoms with Crippen LogP contribution in [0, 0.1) is 11.2 Å². The summed E-state index contributed by atoms with van der Waals surface area (Å²) in [5.74, 6) is -0.579. The van der Waals surface area contributed by atoms with Crippen LogP contribution >= 0.6 is 0 Å². The van der Waals surface area contributed by atoms with Crippen LogP contribution in [0.5, 0.6) is 5.75 Å². The van der Waals surface area contributed by atoms with Gasteiger partial charge in [0.05, 0.1) is 0 Å². The highest BCUT2D eigenvalue weighted by molar-refractivity contribution is 6.05. The van der Waals surface area contributed by atoms with Crippen molar-refractivity contribution >= 4 is 29.1 Å². The molecule has 10 heteroatoms. The van der Waals surface area contributed by atoms with E-state index in [4.69, 9.17) is 0 Å². The molecule has 4 aromatic carbocycles. The molecular weight excluding hydrogens is 718 g/mol. The molecule has 4 fully saturated rings. The van der Waals surface area contributed by atoms with Gasteiger partial charge in [-0.25, -0.2) is 4.39 Å². The summed E-state index contributed by atoms with van der Waals surface area (Å²) in [5, 5.41) is 12.6. The molecule has 3 amide bonds. The lowest BCUT2D eigenvalue weighted by Gasteiger charge is -2.57. The average molecular weight is 768 g/mol. The van der Waals surface area contributed by atoms with E-state index >= 15 is 4.39 Å². The number of likely N-dealkylation sites (tertiary alicyclic amines) is 1. The van der Waals surface area contributed by atoms with Crippen LogP contribution in [0.15, 0.2) is 84.9 Å². The molecule has 0 saturated carbocycles. The molecular formula is C47H50FN5O4. The van der Waals surface area contributed by atoms with Crippen molar-refractivity contribution < 1.29 is 23.9 Å². The van der Waals surface area contributed by atoms with Crippen LogP contribution in [0.3, 0.4) is 0 Å². The number of nitrogens with one attached hydrogen (secondary N) is 1. The zero-order valence-corrected chi connectivity index (χ0v) is 32.3. The van der Waals surface area contributed by atoms with Gasteiger partial charge in [0.15, 0.2) is 0 Å². The van der Waals surface area contributed by atoms with Crippen LogP contribution < -0.4 is 15.1 Å². The van der Waals surface area contributed by atoms with Crippen LogP contribution in [0.1, 0.15) is 95.0 Å². The first-order valence-electron chi connectivity index (χ1n) is 20.9. The molecule has 9 nitrogen and oxygen atoms in total. The summed E-state index contributed by atoms with van der Waals surface area (Å²) in [6.45, 7) is 6.83. The lowest BCUT2D eigenvalue weighted by atomic mass is 9.69. The third-order valence-electron chi connectivity index (χ3n) is 14.3. The number of aromatic hydroxyl groups is 1. The van der Waals surface area contributed by atoms with Crippen LogP contribution in [-0.4, -0.2) is 84.0 Å². The van der Waals surface area contributed by atoms with Gasteiger partial charge in [-0.2, -0.15) is 0 Å². The standard InChI is InChI=1S/C47H50FN5O4/c48-41-4-2-1-3-39(41)40-12-7-31-26-36(54)11-14-37(31)44(40)30-5-8-33(9-6-30)51-23-19-47(20-24-51)28-52(29-47)34-17-21-50(22-18-34)35-10-13-38-32(25-35)27-53(46(38)57)42-15-16-43(55)49-45(42)56/h1-6,8-11,13-14,25-26,34,40,42,44,54H,7,12,15-24,27-29H2,(H,49,55,56)/t40-,42?,44-/m1/s1. The van der Waals surface area contributed by atoms with Gasteiger partial charge in [0.2, 0.25) is 11.8 Å². The van der Waals surface area contributed by atoms with Gasteiger partial charge in [0, 0.05) is 81.1 Å². The number of benzene rings is 4. The molecule has 0 aromatic heterocycles. The monoisotopic (exact) mass is 767 g/mol. The number of hydrogen-bond donors (Lipinski definition) is 2. The Morgan fingerprint density at radius 2 is 1.46 bits per heavy atom. The van der Waals surface area contributed by atoms with E-state index in [9.17, 15) is 19.5 Å². The molecule has 4 saturated heterocycles. The number of anilines is 2. The number of nitrogens with zero attached hydrogens (tertiary/aromatic N) is 4. The fourth-order valence-electron chi connectivity index (χ4n) is 11.1. The first-order chi connectivity index (χ1) is 27.7. The maximum atomic E-state index is 15.2. The topological polar surface area (TPSA) is 96.4 Å². The van der Waals surface area contributed by atoms with Crippen molar-refractivity contribution in [2.24, 2.45) is 5.41 Å². The smallest absolute Gasteiger partial charge is 0.255 e. The number of phenols is 1. The molecule has 2 N–H and O–H groups in total. The first-order valence-corrected chi connectivity index (χ1v) is 20.9. The number of fused-ring (bicyclic) bond motifs is 2. The molecule has 1 aliphatic carbocycles. The number of carbonyl (C=O) groups excluding carboxylic acids is 3. The van der Waals surface area contributed by atoms with Crippen molar-refractivity contribution in [3.05, 3.63) is 124 Å². The number of aryl methyl sites for hydroxylation is 1.